The van der Waals surface area contributed by atoms with Crippen molar-refractivity contribution in [3.63, 3.8) is 0 Å². The first-order valence-electron chi connectivity index (χ1n) is 8.64. The first-order chi connectivity index (χ1) is 10.0. The third kappa shape index (κ3) is 3.76. The van der Waals surface area contributed by atoms with Crippen molar-refractivity contribution in [1.29, 1.82) is 0 Å². The second-order valence-electron chi connectivity index (χ2n) is 7.11. The van der Waals surface area contributed by atoms with Crippen molar-refractivity contribution in [3.05, 3.63) is 0 Å². The topological polar surface area (TPSA) is 32.3 Å². The van der Waals surface area contributed by atoms with Gasteiger partial charge in [-0.05, 0) is 31.4 Å². The van der Waals surface area contributed by atoms with E-state index in [9.17, 15) is 4.79 Å². The molecule has 2 fully saturated rings. The van der Waals surface area contributed by atoms with Gasteiger partial charge >= 0.3 is 0 Å². The minimum atomic E-state index is 0.0534. The van der Waals surface area contributed by atoms with Gasteiger partial charge in [-0.15, -0.1) is 0 Å². The minimum absolute atomic E-state index is 0.0534. The van der Waals surface area contributed by atoms with E-state index in [2.05, 4.69) is 37.2 Å². The smallest absolute Gasteiger partial charge is 0.241 e. The van der Waals surface area contributed by atoms with Crippen LogP contribution in [0.1, 0.15) is 65.7 Å². The van der Waals surface area contributed by atoms with Gasteiger partial charge in [-0.2, -0.15) is 11.8 Å². The van der Waals surface area contributed by atoms with Crippen LogP contribution in [-0.2, 0) is 4.79 Å². The Hall–Kier alpha value is -0.220. The highest BCUT2D eigenvalue weighted by Crippen LogP contribution is 2.42. The molecule has 2 rings (SSSR count). The Labute approximate surface area is 134 Å². The molecule has 1 amide bonds. The zero-order valence-corrected chi connectivity index (χ0v) is 15.0. The highest BCUT2D eigenvalue weighted by atomic mass is 32.2. The van der Waals surface area contributed by atoms with Gasteiger partial charge in [0.1, 0.15) is 0 Å². The number of hydrogen-bond acceptors (Lipinski definition) is 3. The summed E-state index contributed by atoms with van der Waals surface area (Å²) in [4.78, 5) is 15.0. The maximum Gasteiger partial charge on any atom is 0.241 e. The fourth-order valence-corrected chi connectivity index (χ4v) is 4.77. The van der Waals surface area contributed by atoms with Gasteiger partial charge in [-0.25, -0.2) is 0 Å². The third-order valence-corrected chi connectivity index (χ3v) is 6.58. The summed E-state index contributed by atoms with van der Waals surface area (Å²) in [5.74, 6) is 0.823. The molecule has 1 heterocycles. The molecule has 2 unspecified atom stereocenters. The Morgan fingerprint density at radius 1 is 1.38 bits per heavy atom. The highest BCUT2D eigenvalue weighted by molar-refractivity contribution is 8.00. The van der Waals surface area contributed by atoms with E-state index < -0.39 is 0 Å². The largest absolute Gasteiger partial charge is 0.324 e. The number of thioether (sulfide) groups is 1. The van der Waals surface area contributed by atoms with Crippen molar-refractivity contribution >= 4 is 17.7 Å². The van der Waals surface area contributed by atoms with Crippen LogP contribution in [0.5, 0.6) is 0 Å². The van der Waals surface area contributed by atoms with Crippen LogP contribution in [0.4, 0.5) is 0 Å². The van der Waals surface area contributed by atoms with Crippen molar-refractivity contribution < 1.29 is 4.79 Å². The summed E-state index contributed by atoms with van der Waals surface area (Å²) in [5.41, 5.74) is 0. The standard InChI is InChI=1S/C17H32N2OS/c1-5-6-9-14-16(20)19(15(18-14)13(2)3)12-17(21-4)10-7-8-11-17/h13-15,18H,5-12H2,1-4H3. The number of hydrogen-bond donors (Lipinski definition) is 1. The van der Waals surface area contributed by atoms with Gasteiger partial charge in [0, 0.05) is 11.3 Å². The van der Waals surface area contributed by atoms with E-state index in [4.69, 9.17) is 0 Å². The van der Waals surface area contributed by atoms with Crippen LogP contribution < -0.4 is 5.32 Å². The lowest BCUT2D eigenvalue weighted by Gasteiger charge is -2.36. The van der Waals surface area contributed by atoms with Crippen molar-refractivity contribution in [3.8, 4) is 0 Å². The minimum Gasteiger partial charge on any atom is -0.324 e. The number of unbranched alkanes of at least 4 members (excludes halogenated alkanes) is 1. The van der Waals surface area contributed by atoms with Crippen molar-refractivity contribution in [2.45, 2.75) is 82.7 Å². The van der Waals surface area contributed by atoms with Crippen LogP contribution in [0, 0.1) is 5.92 Å². The number of carbonyl (C=O) groups excluding carboxylic acids is 1. The molecule has 122 valence electrons. The first-order valence-corrected chi connectivity index (χ1v) is 9.87. The molecule has 0 bridgehead atoms. The third-order valence-electron chi connectivity index (χ3n) is 5.17. The molecule has 1 aliphatic carbocycles. The van der Waals surface area contributed by atoms with E-state index in [1.165, 1.54) is 25.7 Å². The maximum absolute atomic E-state index is 12.8. The summed E-state index contributed by atoms with van der Waals surface area (Å²) < 4.78 is 0.310. The monoisotopic (exact) mass is 312 g/mol. The molecular weight excluding hydrogens is 280 g/mol. The molecule has 1 N–H and O–H groups in total. The normalized spacial score (nSPS) is 28.8. The van der Waals surface area contributed by atoms with E-state index in [1.54, 1.807) is 0 Å². The first kappa shape index (κ1) is 17.1. The fraction of sp³-hybridized carbons (Fsp3) is 0.941. The lowest BCUT2D eigenvalue weighted by atomic mass is 10.0. The van der Waals surface area contributed by atoms with Gasteiger partial charge in [-0.1, -0.05) is 46.5 Å². The SMILES string of the molecule is CCCCC1NC(C(C)C)N(CC2(SC)CCCC2)C1=O. The Morgan fingerprint density at radius 3 is 2.57 bits per heavy atom. The number of rotatable bonds is 7. The molecule has 0 aromatic rings. The van der Waals surface area contributed by atoms with Crippen LogP contribution >= 0.6 is 11.8 Å². The lowest BCUT2D eigenvalue weighted by molar-refractivity contribution is -0.131. The predicted octanol–water partition coefficient (Wildman–Crippen LogP) is 3.63. The molecule has 1 saturated heterocycles. The maximum atomic E-state index is 12.8. The average Bonchev–Trinajstić information content (AvgIpc) is 3.05. The predicted molar refractivity (Wildman–Crippen MR) is 91.5 cm³/mol. The Morgan fingerprint density at radius 2 is 2.05 bits per heavy atom. The average molecular weight is 313 g/mol. The van der Waals surface area contributed by atoms with Crippen LogP contribution in [0.15, 0.2) is 0 Å². The van der Waals surface area contributed by atoms with E-state index in [0.29, 0.717) is 16.6 Å². The zero-order chi connectivity index (χ0) is 15.5. The van der Waals surface area contributed by atoms with E-state index in [-0.39, 0.29) is 12.2 Å². The van der Waals surface area contributed by atoms with Crippen molar-refractivity contribution in [2.75, 3.05) is 12.8 Å². The van der Waals surface area contributed by atoms with Crippen LogP contribution in [-0.4, -0.2) is 40.6 Å². The van der Waals surface area contributed by atoms with E-state index in [1.807, 2.05) is 11.8 Å². The second-order valence-corrected chi connectivity index (χ2v) is 8.38. The molecule has 3 nitrogen and oxygen atoms in total. The molecule has 2 atom stereocenters. The second kappa shape index (κ2) is 7.36. The molecule has 4 heteroatoms. The van der Waals surface area contributed by atoms with Crippen molar-refractivity contribution in [2.24, 2.45) is 5.92 Å². The van der Waals surface area contributed by atoms with Crippen LogP contribution in [0.2, 0.25) is 0 Å². The number of nitrogens with one attached hydrogen (secondary N) is 1. The molecule has 2 aliphatic rings. The molecular formula is C17H32N2OS. The Balaban J connectivity index is 2.08. The fourth-order valence-electron chi connectivity index (χ4n) is 3.80. The van der Waals surface area contributed by atoms with Gasteiger partial charge in [0.25, 0.3) is 0 Å². The molecule has 21 heavy (non-hydrogen) atoms. The molecule has 0 radical (unpaired) electrons. The van der Waals surface area contributed by atoms with Gasteiger partial charge in [0.05, 0.1) is 12.2 Å². The molecule has 1 saturated carbocycles. The molecule has 0 aromatic carbocycles. The summed E-state index contributed by atoms with van der Waals surface area (Å²) in [6.45, 7) is 7.57. The zero-order valence-electron chi connectivity index (χ0n) is 14.2. The molecule has 0 aromatic heterocycles. The number of amides is 1. The van der Waals surface area contributed by atoms with Gasteiger partial charge < -0.3 is 4.90 Å². The Bertz CT molecular complexity index is 353. The summed E-state index contributed by atoms with van der Waals surface area (Å²) in [6.07, 6.45) is 10.9. The highest BCUT2D eigenvalue weighted by Gasteiger charge is 2.44. The summed E-state index contributed by atoms with van der Waals surface area (Å²) in [7, 11) is 0. The van der Waals surface area contributed by atoms with Crippen molar-refractivity contribution in [1.82, 2.24) is 10.2 Å². The van der Waals surface area contributed by atoms with Gasteiger partial charge in [-0.3, -0.25) is 10.1 Å². The summed E-state index contributed by atoms with van der Waals surface area (Å²) in [5, 5.41) is 3.61. The lowest BCUT2D eigenvalue weighted by Crippen LogP contribution is -2.47. The number of carbonyl (C=O) groups is 1. The van der Waals surface area contributed by atoms with E-state index in [0.717, 1.165) is 25.8 Å². The Kier molecular flexibility index (Phi) is 6.01. The van der Waals surface area contributed by atoms with Gasteiger partial charge in [0.2, 0.25) is 5.91 Å². The summed E-state index contributed by atoms with van der Waals surface area (Å²) in [6, 6.07) is 0.0534. The number of nitrogens with zero attached hydrogens (tertiary/aromatic N) is 1. The van der Waals surface area contributed by atoms with Crippen LogP contribution in [0.3, 0.4) is 0 Å². The summed E-state index contributed by atoms with van der Waals surface area (Å²) >= 11 is 1.98. The van der Waals surface area contributed by atoms with Crippen LogP contribution in [0.25, 0.3) is 0 Å². The molecule has 0 spiro atoms. The van der Waals surface area contributed by atoms with Gasteiger partial charge in [0.15, 0.2) is 0 Å². The molecule has 1 aliphatic heterocycles. The van der Waals surface area contributed by atoms with E-state index >= 15 is 0 Å². The quantitative estimate of drug-likeness (QED) is 0.779.